The molecule has 2 aliphatic rings. The van der Waals surface area contributed by atoms with E-state index in [9.17, 15) is 9.59 Å². The first-order chi connectivity index (χ1) is 16.3. The number of ether oxygens (including phenoxy) is 2. The molecule has 4 rings (SSSR count). The van der Waals surface area contributed by atoms with Gasteiger partial charge in [0, 0.05) is 39.0 Å². The van der Waals surface area contributed by atoms with Crippen molar-refractivity contribution in [2.75, 3.05) is 37.7 Å². The average Bonchev–Trinajstić information content (AvgIpc) is 3.05. The van der Waals surface area contributed by atoms with Crippen molar-refractivity contribution in [3.8, 4) is 0 Å². The van der Waals surface area contributed by atoms with Crippen LogP contribution in [-0.2, 0) is 14.3 Å². The Morgan fingerprint density at radius 3 is 2.71 bits per heavy atom. The molecule has 0 saturated carbocycles. The van der Waals surface area contributed by atoms with Gasteiger partial charge in [0.05, 0.1) is 22.7 Å². The Kier molecular flexibility index (Phi) is 7.71. The second-order valence-electron chi connectivity index (χ2n) is 8.64. The van der Waals surface area contributed by atoms with Crippen LogP contribution in [0, 0.1) is 6.92 Å². The molecular weight excluding hydrogens is 472 g/mol. The molecule has 0 aliphatic carbocycles. The molecule has 4 heterocycles. The van der Waals surface area contributed by atoms with Gasteiger partial charge in [-0.1, -0.05) is 30.0 Å². The Balaban J connectivity index is 1.75. The summed E-state index contributed by atoms with van der Waals surface area (Å²) in [5, 5.41) is 0. The van der Waals surface area contributed by atoms with Gasteiger partial charge < -0.3 is 14.4 Å². The number of carbonyl (C=O) groups is 1. The van der Waals surface area contributed by atoms with Crippen LogP contribution in [0.25, 0.3) is 11.7 Å². The number of hydrogen-bond acceptors (Lipinski definition) is 8. The van der Waals surface area contributed by atoms with E-state index in [0.29, 0.717) is 65.5 Å². The third-order valence-electron chi connectivity index (χ3n) is 5.73. The Labute approximate surface area is 208 Å². The van der Waals surface area contributed by atoms with Gasteiger partial charge in [-0.2, -0.15) is 0 Å². The van der Waals surface area contributed by atoms with Gasteiger partial charge in [-0.05, 0) is 51.8 Å². The zero-order chi connectivity index (χ0) is 24.4. The molecule has 0 unspecified atom stereocenters. The molecule has 2 saturated heterocycles. The topological polar surface area (TPSA) is 76.4 Å². The van der Waals surface area contributed by atoms with E-state index in [1.165, 1.54) is 11.8 Å². The fraction of sp³-hybridized carbons (Fsp3) is 0.500. The van der Waals surface area contributed by atoms with E-state index in [0.717, 1.165) is 5.56 Å². The number of hydrogen-bond donors (Lipinski definition) is 0. The van der Waals surface area contributed by atoms with Gasteiger partial charge in [-0.25, -0.2) is 4.98 Å². The number of aromatic nitrogens is 2. The number of carbonyl (C=O) groups excluding carboxylic acids is 1. The van der Waals surface area contributed by atoms with Crippen molar-refractivity contribution in [1.29, 1.82) is 0 Å². The number of fused-ring (bicyclic) bond motifs is 1. The van der Waals surface area contributed by atoms with Crippen molar-refractivity contribution in [2.24, 2.45) is 0 Å². The third-order valence-corrected chi connectivity index (χ3v) is 7.11. The zero-order valence-electron chi connectivity index (χ0n) is 19.9. The van der Waals surface area contributed by atoms with Crippen LogP contribution in [0.5, 0.6) is 0 Å². The number of anilines is 1. The van der Waals surface area contributed by atoms with Crippen LogP contribution in [0.1, 0.15) is 38.3 Å². The Bertz CT molecular complexity index is 1190. The average molecular weight is 503 g/mol. The summed E-state index contributed by atoms with van der Waals surface area (Å²) < 4.78 is 13.3. The molecule has 10 heteroatoms. The third kappa shape index (κ3) is 5.19. The van der Waals surface area contributed by atoms with Gasteiger partial charge in [-0.3, -0.25) is 18.9 Å². The van der Waals surface area contributed by atoms with Crippen molar-refractivity contribution in [2.45, 2.75) is 46.3 Å². The molecular formula is C24H30N4O4S2. The Hall–Kier alpha value is -2.27. The number of amides is 1. The first-order valence-electron chi connectivity index (χ1n) is 11.5. The van der Waals surface area contributed by atoms with Crippen LogP contribution in [-0.4, -0.2) is 69.6 Å². The van der Waals surface area contributed by atoms with Crippen LogP contribution < -0.4 is 10.5 Å². The monoisotopic (exact) mass is 502 g/mol. The Morgan fingerprint density at radius 2 is 2.00 bits per heavy atom. The fourth-order valence-corrected chi connectivity index (χ4v) is 5.55. The van der Waals surface area contributed by atoms with E-state index in [-0.39, 0.29) is 23.7 Å². The second-order valence-corrected chi connectivity index (χ2v) is 10.3. The highest BCUT2D eigenvalue weighted by Gasteiger charge is 2.33. The molecule has 8 nitrogen and oxygen atoms in total. The maximum atomic E-state index is 13.6. The maximum absolute atomic E-state index is 13.6. The smallest absolute Gasteiger partial charge is 0.267 e. The van der Waals surface area contributed by atoms with Crippen LogP contribution in [0.2, 0.25) is 0 Å². The highest BCUT2D eigenvalue weighted by molar-refractivity contribution is 8.26. The highest BCUT2D eigenvalue weighted by atomic mass is 32.2. The summed E-state index contributed by atoms with van der Waals surface area (Å²) in [6, 6.07) is 3.78. The van der Waals surface area contributed by atoms with Crippen molar-refractivity contribution >= 4 is 51.7 Å². The first kappa shape index (κ1) is 24.8. The van der Waals surface area contributed by atoms with E-state index < -0.39 is 0 Å². The van der Waals surface area contributed by atoms with Crippen LogP contribution >= 0.6 is 24.0 Å². The van der Waals surface area contributed by atoms with Gasteiger partial charge in [0.1, 0.15) is 15.8 Å². The summed E-state index contributed by atoms with van der Waals surface area (Å²) >= 11 is 6.69. The van der Waals surface area contributed by atoms with Crippen LogP contribution in [0.3, 0.4) is 0 Å². The first-order valence-corrected chi connectivity index (χ1v) is 12.8. The zero-order valence-corrected chi connectivity index (χ0v) is 21.6. The summed E-state index contributed by atoms with van der Waals surface area (Å²) in [6.45, 7) is 10.8. The number of morpholine rings is 1. The molecule has 2 atom stereocenters. The summed E-state index contributed by atoms with van der Waals surface area (Å²) in [7, 11) is 0. The minimum absolute atomic E-state index is 0.00146. The lowest BCUT2D eigenvalue weighted by Gasteiger charge is -2.36. The number of thiocarbonyl (C=S) groups is 1. The molecule has 0 aromatic carbocycles. The summed E-state index contributed by atoms with van der Waals surface area (Å²) in [5.41, 5.74) is 1.69. The fourth-order valence-electron chi connectivity index (χ4n) is 4.26. The lowest BCUT2D eigenvalue weighted by Crippen LogP contribution is -2.46. The van der Waals surface area contributed by atoms with Crippen molar-refractivity contribution < 1.29 is 14.3 Å². The predicted octanol–water partition coefficient (Wildman–Crippen LogP) is 3.24. The number of pyridine rings is 1. The molecule has 0 N–H and O–H groups in total. The number of aryl methyl sites for hydroxylation is 1. The normalized spacial score (nSPS) is 22.4. The van der Waals surface area contributed by atoms with Crippen molar-refractivity contribution in [1.82, 2.24) is 14.3 Å². The summed E-state index contributed by atoms with van der Waals surface area (Å²) in [4.78, 5) is 35.7. The SMILES string of the molecule is CCOCCCN1C(=O)/C(=C/c2c(N3C[C@@H](C)O[C@@H](C)C3)nc3ccc(C)cn3c2=O)SC1=S. The second kappa shape index (κ2) is 10.6. The summed E-state index contributed by atoms with van der Waals surface area (Å²) in [5.74, 6) is 0.382. The van der Waals surface area contributed by atoms with Gasteiger partial charge in [-0.15, -0.1) is 0 Å². The van der Waals surface area contributed by atoms with E-state index >= 15 is 0 Å². The van der Waals surface area contributed by atoms with Crippen LogP contribution in [0.4, 0.5) is 5.82 Å². The molecule has 2 aliphatic heterocycles. The molecule has 2 aromatic rings. The molecule has 0 bridgehead atoms. The van der Waals surface area contributed by atoms with Gasteiger partial charge in [0.25, 0.3) is 11.5 Å². The molecule has 2 fully saturated rings. The predicted molar refractivity (Wildman–Crippen MR) is 139 cm³/mol. The summed E-state index contributed by atoms with van der Waals surface area (Å²) in [6.07, 6.45) is 4.13. The lowest BCUT2D eigenvalue weighted by molar-refractivity contribution is -0.122. The minimum Gasteiger partial charge on any atom is -0.382 e. The molecule has 2 aromatic heterocycles. The van der Waals surface area contributed by atoms with E-state index in [4.69, 9.17) is 26.7 Å². The quantitative estimate of drug-likeness (QED) is 0.325. The molecule has 182 valence electrons. The van der Waals surface area contributed by atoms with E-state index in [1.807, 2.05) is 39.8 Å². The van der Waals surface area contributed by atoms with Gasteiger partial charge >= 0.3 is 0 Å². The van der Waals surface area contributed by atoms with E-state index in [2.05, 4.69) is 4.90 Å². The molecule has 0 spiro atoms. The maximum Gasteiger partial charge on any atom is 0.267 e. The van der Waals surface area contributed by atoms with E-state index in [1.54, 1.807) is 21.6 Å². The highest BCUT2D eigenvalue weighted by Crippen LogP contribution is 2.34. The van der Waals surface area contributed by atoms with Crippen LogP contribution in [0.15, 0.2) is 28.0 Å². The molecule has 1 amide bonds. The number of rotatable bonds is 7. The number of nitrogens with zero attached hydrogens (tertiary/aromatic N) is 4. The van der Waals surface area contributed by atoms with Crippen molar-refractivity contribution in [3.05, 3.63) is 44.7 Å². The van der Waals surface area contributed by atoms with Gasteiger partial charge in [0.15, 0.2) is 0 Å². The lowest BCUT2D eigenvalue weighted by atomic mass is 10.1. The van der Waals surface area contributed by atoms with Gasteiger partial charge in [0.2, 0.25) is 0 Å². The molecule has 0 radical (unpaired) electrons. The largest absolute Gasteiger partial charge is 0.382 e. The minimum atomic E-state index is -0.211. The Morgan fingerprint density at radius 1 is 1.26 bits per heavy atom. The number of thioether (sulfide) groups is 1. The van der Waals surface area contributed by atoms with Crippen molar-refractivity contribution in [3.63, 3.8) is 0 Å². The molecule has 34 heavy (non-hydrogen) atoms. The standard InChI is InChI=1S/C24H30N4O4S2/c1-5-31-10-6-9-27-23(30)19(34-24(27)33)11-18-21(26-13-16(3)32-17(4)14-26)25-20-8-7-15(2)12-28(20)22(18)29/h7-8,11-12,16-17H,5-6,9-10,13-14H2,1-4H3/b19-11-/t16-,17+.